The lowest BCUT2D eigenvalue weighted by atomic mass is 9.93. The number of aromatic amines is 1. The number of likely N-dealkylation sites (tertiary alicyclic amines) is 1. The highest BCUT2D eigenvalue weighted by molar-refractivity contribution is 6.02. The number of hydrogen-bond donors (Lipinski definition) is 1. The van der Waals surface area contributed by atoms with Crippen LogP contribution in [0.15, 0.2) is 24.3 Å². The molecule has 0 bridgehead atoms. The van der Waals surface area contributed by atoms with E-state index in [1.54, 1.807) is 0 Å². The monoisotopic (exact) mass is 367 g/mol. The first kappa shape index (κ1) is 19.4. The fraction of sp³-hybridized carbons (Fsp3) is 0.455. The van der Waals surface area contributed by atoms with Gasteiger partial charge in [0, 0.05) is 37.7 Å². The molecule has 0 saturated carbocycles. The number of nitrogens with one attached hydrogen (secondary N) is 1. The van der Waals surface area contributed by atoms with Crippen molar-refractivity contribution in [1.29, 1.82) is 0 Å². The molecule has 1 N–H and O–H groups in total. The van der Waals surface area contributed by atoms with E-state index < -0.39 is 0 Å². The van der Waals surface area contributed by atoms with Crippen molar-refractivity contribution in [3.63, 3.8) is 0 Å². The maximum absolute atomic E-state index is 13.3. The summed E-state index contributed by atoms with van der Waals surface area (Å²) in [6, 6.07) is 8.87. The molecule has 1 saturated heterocycles. The summed E-state index contributed by atoms with van der Waals surface area (Å²) in [6.45, 7) is 8.70. The molecule has 1 aliphatic rings. The Hall–Kier alpha value is -2.40. The lowest BCUT2D eigenvalue weighted by molar-refractivity contribution is 0.0781. The van der Waals surface area contributed by atoms with Crippen LogP contribution in [0.4, 0.5) is 0 Å². The molecule has 144 valence electrons. The van der Waals surface area contributed by atoms with Crippen LogP contribution >= 0.6 is 0 Å². The molecular formula is C22H29N3O2. The lowest BCUT2D eigenvalue weighted by Crippen LogP contribution is -2.36. The van der Waals surface area contributed by atoms with Gasteiger partial charge >= 0.3 is 0 Å². The summed E-state index contributed by atoms with van der Waals surface area (Å²) in [5.41, 5.74) is 5.20. The van der Waals surface area contributed by atoms with Crippen LogP contribution in [0.2, 0.25) is 0 Å². The van der Waals surface area contributed by atoms with Gasteiger partial charge in [0.15, 0.2) is 5.78 Å². The van der Waals surface area contributed by atoms with Crippen molar-refractivity contribution in [3.05, 3.63) is 57.9 Å². The summed E-state index contributed by atoms with van der Waals surface area (Å²) in [6.07, 6.45) is 0. The van der Waals surface area contributed by atoms with E-state index in [1.165, 1.54) is 18.1 Å². The number of H-pyrrole nitrogens is 1. The minimum atomic E-state index is -0.0419. The van der Waals surface area contributed by atoms with Crippen molar-refractivity contribution in [2.75, 3.05) is 27.2 Å². The van der Waals surface area contributed by atoms with Crippen LogP contribution in [-0.2, 0) is 0 Å². The zero-order valence-corrected chi connectivity index (χ0v) is 17.1. The average molecular weight is 367 g/mol. The van der Waals surface area contributed by atoms with Crippen molar-refractivity contribution in [2.24, 2.45) is 0 Å². The quantitative estimate of drug-likeness (QED) is 0.844. The van der Waals surface area contributed by atoms with Gasteiger partial charge in [0.05, 0.1) is 11.3 Å². The van der Waals surface area contributed by atoms with Gasteiger partial charge in [-0.25, -0.2) is 0 Å². The summed E-state index contributed by atoms with van der Waals surface area (Å²) in [5.74, 6) is 0.242. The predicted molar refractivity (Wildman–Crippen MR) is 108 cm³/mol. The summed E-state index contributed by atoms with van der Waals surface area (Å²) in [4.78, 5) is 32.3. The highest BCUT2D eigenvalue weighted by atomic mass is 16.2. The molecule has 1 aromatic heterocycles. The molecule has 2 heterocycles. The molecule has 3 rings (SSSR count). The molecule has 2 atom stereocenters. The van der Waals surface area contributed by atoms with Crippen LogP contribution in [0.25, 0.3) is 0 Å². The minimum Gasteiger partial charge on any atom is -0.355 e. The number of Topliss-reactive ketones (excluding diaryl/α,β-unsaturated/α-hetero) is 1. The predicted octanol–water partition coefficient (Wildman–Crippen LogP) is 3.31. The van der Waals surface area contributed by atoms with Gasteiger partial charge in [-0.3, -0.25) is 9.59 Å². The summed E-state index contributed by atoms with van der Waals surface area (Å²) >= 11 is 0. The van der Waals surface area contributed by atoms with Gasteiger partial charge in [-0.15, -0.1) is 0 Å². The van der Waals surface area contributed by atoms with E-state index in [9.17, 15) is 9.59 Å². The van der Waals surface area contributed by atoms with Gasteiger partial charge in [-0.2, -0.15) is 0 Å². The number of nitrogens with zero attached hydrogens (tertiary/aromatic N) is 2. The smallest absolute Gasteiger partial charge is 0.256 e. The van der Waals surface area contributed by atoms with E-state index in [0.29, 0.717) is 24.3 Å². The molecular weight excluding hydrogens is 338 g/mol. The maximum Gasteiger partial charge on any atom is 0.256 e. The Morgan fingerprint density at radius 1 is 1.07 bits per heavy atom. The van der Waals surface area contributed by atoms with Crippen LogP contribution in [0.5, 0.6) is 0 Å². The topological polar surface area (TPSA) is 56.4 Å². The zero-order valence-electron chi connectivity index (χ0n) is 17.1. The Labute approximate surface area is 161 Å². The number of likely N-dealkylation sites (N-methyl/N-ethyl adjacent to an activating group) is 1. The van der Waals surface area contributed by atoms with Crippen molar-refractivity contribution in [2.45, 2.75) is 39.7 Å². The molecule has 0 spiro atoms. The third kappa shape index (κ3) is 3.56. The van der Waals surface area contributed by atoms with Gasteiger partial charge < -0.3 is 14.8 Å². The van der Waals surface area contributed by atoms with Crippen LogP contribution in [0.3, 0.4) is 0 Å². The van der Waals surface area contributed by atoms with Gasteiger partial charge in [-0.05, 0) is 46.0 Å². The fourth-order valence-electron chi connectivity index (χ4n) is 4.20. The Balaban J connectivity index is 1.91. The molecule has 1 amide bonds. The van der Waals surface area contributed by atoms with E-state index in [4.69, 9.17) is 0 Å². The van der Waals surface area contributed by atoms with Gasteiger partial charge in [0.1, 0.15) is 0 Å². The molecule has 2 aromatic rings. The number of aromatic nitrogens is 1. The summed E-state index contributed by atoms with van der Waals surface area (Å²) < 4.78 is 0. The number of hydrogen-bond acceptors (Lipinski definition) is 3. The van der Waals surface area contributed by atoms with E-state index >= 15 is 0 Å². The number of benzene rings is 1. The SMILES string of the molecule is CC(=O)c1[nH]c(C)c(C(=O)N2CC(c3ccc(C)cc3)C(N(C)C)C2)c1C. The fourth-order valence-corrected chi connectivity index (χ4v) is 4.20. The van der Waals surface area contributed by atoms with Crippen molar-refractivity contribution in [3.8, 4) is 0 Å². The van der Waals surface area contributed by atoms with Crippen LogP contribution < -0.4 is 0 Å². The highest BCUT2D eigenvalue weighted by Gasteiger charge is 2.38. The highest BCUT2D eigenvalue weighted by Crippen LogP contribution is 2.32. The summed E-state index contributed by atoms with van der Waals surface area (Å²) in [7, 11) is 4.14. The third-order valence-corrected chi connectivity index (χ3v) is 5.75. The standard InChI is InChI=1S/C22H29N3O2/c1-13-7-9-17(10-8-13)18-11-25(12-19(18)24(5)6)22(27)20-14(2)21(16(4)26)23-15(20)3/h7-10,18-19,23H,11-12H2,1-6H3. The van der Waals surface area contributed by atoms with Gasteiger partial charge in [0.25, 0.3) is 5.91 Å². The zero-order chi connectivity index (χ0) is 19.9. The molecule has 5 heteroatoms. The minimum absolute atomic E-state index is 0.00946. The van der Waals surface area contributed by atoms with Gasteiger partial charge in [0.2, 0.25) is 0 Å². The first-order valence-corrected chi connectivity index (χ1v) is 9.43. The number of carbonyl (C=O) groups is 2. The molecule has 5 nitrogen and oxygen atoms in total. The van der Waals surface area contributed by atoms with E-state index in [-0.39, 0.29) is 23.7 Å². The number of carbonyl (C=O) groups excluding carboxylic acids is 2. The second-order valence-electron chi connectivity index (χ2n) is 7.94. The van der Waals surface area contributed by atoms with Crippen LogP contribution in [0, 0.1) is 20.8 Å². The Kier molecular flexibility index (Phi) is 5.24. The second kappa shape index (κ2) is 7.31. The van der Waals surface area contributed by atoms with Crippen LogP contribution in [0.1, 0.15) is 56.1 Å². The second-order valence-corrected chi connectivity index (χ2v) is 7.94. The number of amides is 1. The maximum atomic E-state index is 13.3. The molecule has 1 aliphatic heterocycles. The number of rotatable bonds is 4. The third-order valence-electron chi connectivity index (χ3n) is 5.75. The largest absolute Gasteiger partial charge is 0.355 e. The Morgan fingerprint density at radius 2 is 1.70 bits per heavy atom. The molecule has 1 fully saturated rings. The van der Waals surface area contributed by atoms with Crippen molar-refractivity contribution >= 4 is 11.7 Å². The van der Waals surface area contributed by atoms with Crippen molar-refractivity contribution < 1.29 is 9.59 Å². The lowest BCUT2D eigenvalue weighted by Gasteiger charge is -2.25. The first-order valence-electron chi connectivity index (χ1n) is 9.43. The van der Waals surface area contributed by atoms with E-state index in [2.05, 4.69) is 55.2 Å². The number of ketones is 1. The molecule has 0 radical (unpaired) electrons. The van der Waals surface area contributed by atoms with E-state index in [1.807, 2.05) is 18.7 Å². The summed E-state index contributed by atoms with van der Waals surface area (Å²) in [5, 5.41) is 0. The normalized spacial score (nSPS) is 19.7. The van der Waals surface area contributed by atoms with E-state index in [0.717, 1.165) is 11.3 Å². The molecule has 1 aromatic carbocycles. The first-order chi connectivity index (χ1) is 12.7. The molecule has 27 heavy (non-hydrogen) atoms. The Bertz CT molecular complexity index is 864. The van der Waals surface area contributed by atoms with Crippen LogP contribution in [-0.4, -0.2) is 59.7 Å². The van der Waals surface area contributed by atoms with Crippen molar-refractivity contribution in [1.82, 2.24) is 14.8 Å². The van der Waals surface area contributed by atoms with Gasteiger partial charge in [-0.1, -0.05) is 29.8 Å². The molecule has 2 unspecified atom stereocenters. The Morgan fingerprint density at radius 3 is 2.22 bits per heavy atom. The average Bonchev–Trinajstić information content (AvgIpc) is 3.17. The molecule has 0 aliphatic carbocycles. The number of aryl methyl sites for hydroxylation is 2.